The Bertz CT molecular complexity index is 480. The van der Waals surface area contributed by atoms with Gasteiger partial charge in [0.1, 0.15) is 0 Å². The molecule has 19 heavy (non-hydrogen) atoms. The average molecular weight is 259 g/mol. The van der Waals surface area contributed by atoms with Gasteiger partial charge in [0.2, 0.25) is 0 Å². The smallest absolute Gasteiger partial charge is 0.0693 e. The summed E-state index contributed by atoms with van der Waals surface area (Å²) < 4.78 is 5.97. The zero-order valence-electron chi connectivity index (χ0n) is 12.5. The summed E-state index contributed by atoms with van der Waals surface area (Å²) in [4.78, 5) is 0. The summed E-state index contributed by atoms with van der Waals surface area (Å²) in [5.74, 6) is 0.684. The molecule has 3 atom stereocenters. The van der Waals surface area contributed by atoms with Gasteiger partial charge in [0.15, 0.2) is 0 Å². The summed E-state index contributed by atoms with van der Waals surface area (Å²) in [5, 5.41) is 3.80. The maximum Gasteiger partial charge on any atom is 0.0693 e. The van der Waals surface area contributed by atoms with Crippen LogP contribution in [0.1, 0.15) is 37.8 Å². The molecule has 104 valence electrons. The molecular weight excluding hydrogens is 234 g/mol. The molecule has 1 aliphatic carbocycles. The molecule has 2 fully saturated rings. The lowest BCUT2D eigenvalue weighted by molar-refractivity contribution is -0.177. The Labute approximate surface area is 116 Å². The van der Waals surface area contributed by atoms with Crippen molar-refractivity contribution in [2.24, 2.45) is 11.3 Å². The van der Waals surface area contributed by atoms with Gasteiger partial charge in [0.25, 0.3) is 0 Å². The first-order valence-corrected chi connectivity index (χ1v) is 7.45. The van der Waals surface area contributed by atoms with E-state index in [0.29, 0.717) is 18.1 Å². The number of anilines is 1. The number of nitrogens with one attached hydrogen (secondary N) is 1. The maximum atomic E-state index is 5.97. The molecule has 0 amide bonds. The van der Waals surface area contributed by atoms with Gasteiger partial charge >= 0.3 is 0 Å². The Kier molecular flexibility index (Phi) is 3.09. The molecule has 1 aromatic carbocycles. The van der Waals surface area contributed by atoms with Crippen molar-refractivity contribution in [1.29, 1.82) is 0 Å². The quantitative estimate of drug-likeness (QED) is 0.869. The fourth-order valence-corrected chi connectivity index (χ4v) is 3.87. The molecule has 3 rings (SSSR count). The highest BCUT2D eigenvalue weighted by Gasteiger charge is 2.57. The van der Waals surface area contributed by atoms with Crippen molar-refractivity contribution in [2.75, 3.05) is 11.9 Å². The molecular formula is C17H25NO. The molecule has 1 N–H and O–H groups in total. The Morgan fingerprint density at radius 3 is 2.84 bits per heavy atom. The predicted octanol–water partition coefficient (Wildman–Crippen LogP) is 3.92. The van der Waals surface area contributed by atoms with Crippen LogP contribution in [-0.2, 0) is 4.74 Å². The average Bonchev–Trinajstić information content (AvgIpc) is 2.39. The van der Waals surface area contributed by atoms with Crippen molar-refractivity contribution in [2.45, 2.75) is 52.7 Å². The van der Waals surface area contributed by atoms with E-state index in [-0.39, 0.29) is 5.41 Å². The molecule has 0 spiro atoms. The highest BCUT2D eigenvalue weighted by molar-refractivity contribution is 5.54. The standard InChI is InChI=1S/C17H25NO/c1-11-7-8-12(2)14(10-11)18-15-13-6-5-9-19-16(13)17(15,3)4/h7-8,10,13,15-16,18H,5-6,9H2,1-4H3. The van der Waals surface area contributed by atoms with Gasteiger partial charge in [-0.25, -0.2) is 0 Å². The number of benzene rings is 1. The highest BCUT2D eigenvalue weighted by Crippen LogP contribution is 2.52. The lowest BCUT2D eigenvalue weighted by Crippen LogP contribution is -2.67. The van der Waals surface area contributed by atoms with Gasteiger partial charge < -0.3 is 10.1 Å². The number of hydrogen-bond donors (Lipinski definition) is 1. The van der Waals surface area contributed by atoms with E-state index in [9.17, 15) is 0 Å². The van der Waals surface area contributed by atoms with Crippen LogP contribution in [0.15, 0.2) is 18.2 Å². The van der Waals surface area contributed by atoms with E-state index >= 15 is 0 Å². The van der Waals surface area contributed by atoms with Crippen molar-refractivity contribution in [3.05, 3.63) is 29.3 Å². The predicted molar refractivity (Wildman–Crippen MR) is 79.6 cm³/mol. The SMILES string of the molecule is Cc1ccc(C)c(NC2C3CCCOC3C2(C)C)c1. The molecule has 2 aliphatic rings. The van der Waals surface area contributed by atoms with E-state index in [1.165, 1.54) is 29.7 Å². The van der Waals surface area contributed by atoms with Crippen LogP contribution in [0.2, 0.25) is 0 Å². The second-order valence-corrected chi connectivity index (χ2v) is 6.86. The largest absolute Gasteiger partial charge is 0.381 e. The summed E-state index contributed by atoms with van der Waals surface area (Å²) in [7, 11) is 0. The zero-order valence-corrected chi connectivity index (χ0v) is 12.5. The van der Waals surface area contributed by atoms with E-state index in [1.54, 1.807) is 0 Å². The molecule has 1 heterocycles. The minimum Gasteiger partial charge on any atom is -0.381 e. The van der Waals surface area contributed by atoms with Crippen LogP contribution in [0.4, 0.5) is 5.69 Å². The lowest BCUT2D eigenvalue weighted by atomic mass is 9.55. The molecule has 1 saturated heterocycles. The van der Waals surface area contributed by atoms with E-state index in [2.05, 4.69) is 51.2 Å². The first-order chi connectivity index (χ1) is 9.00. The Morgan fingerprint density at radius 1 is 1.26 bits per heavy atom. The van der Waals surface area contributed by atoms with Crippen LogP contribution in [0, 0.1) is 25.2 Å². The van der Waals surface area contributed by atoms with Gasteiger partial charge in [-0.15, -0.1) is 0 Å². The molecule has 1 saturated carbocycles. The van der Waals surface area contributed by atoms with Crippen LogP contribution in [0.3, 0.4) is 0 Å². The Morgan fingerprint density at radius 2 is 2.05 bits per heavy atom. The van der Waals surface area contributed by atoms with Gasteiger partial charge in [0.05, 0.1) is 6.10 Å². The van der Waals surface area contributed by atoms with Crippen molar-refractivity contribution in [3.8, 4) is 0 Å². The van der Waals surface area contributed by atoms with Gasteiger partial charge in [-0.2, -0.15) is 0 Å². The second-order valence-electron chi connectivity index (χ2n) is 6.86. The maximum absolute atomic E-state index is 5.97. The summed E-state index contributed by atoms with van der Waals surface area (Å²) in [6, 6.07) is 7.19. The zero-order chi connectivity index (χ0) is 13.6. The summed E-state index contributed by atoms with van der Waals surface area (Å²) >= 11 is 0. The molecule has 0 radical (unpaired) electrons. The molecule has 3 unspecified atom stereocenters. The van der Waals surface area contributed by atoms with Gasteiger partial charge in [-0.05, 0) is 43.9 Å². The topological polar surface area (TPSA) is 21.3 Å². The number of fused-ring (bicyclic) bond motifs is 1. The van der Waals surface area contributed by atoms with E-state index in [0.717, 1.165) is 6.61 Å². The van der Waals surface area contributed by atoms with Crippen molar-refractivity contribution < 1.29 is 4.74 Å². The van der Waals surface area contributed by atoms with Gasteiger partial charge in [-0.1, -0.05) is 26.0 Å². The molecule has 2 nitrogen and oxygen atoms in total. The van der Waals surface area contributed by atoms with Gasteiger partial charge in [0, 0.05) is 29.7 Å². The van der Waals surface area contributed by atoms with Crippen LogP contribution in [0.25, 0.3) is 0 Å². The van der Waals surface area contributed by atoms with Crippen LogP contribution >= 0.6 is 0 Å². The number of aryl methyl sites for hydroxylation is 2. The summed E-state index contributed by atoms with van der Waals surface area (Å²) in [6.45, 7) is 9.96. The Hall–Kier alpha value is -1.02. The minimum absolute atomic E-state index is 0.237. The fourth-order valence-electron chi connectivity index (χ4n) is 3.87. The second kappa shape index (κ2) is 4.52. The summed E-state index contributed by atoms with van der Waals surface area (Å²) in [6.07, 6.45) is 2.96. The molecule has 1 aliphatic heterocycles. The number of hydrogen-bond acceptors (Lipinski definition) is 2. The summed E-state index contributed by atoms with van der Waals surface area (Å²) in [5.41, 5.74) is 4.19. The lowest BCUT2D eigenvalue weighted by Gasteiger charge is -2.60. The van der Waals surface area contributed by atoms with Gasteiger partial charge in [-0.3, -0.25) is 0 Å². The highest BCUT2D eigenvalue weighted by atomic mass is 16.5. The Balaban J connectivity index is 1.81. The van der Waals surface area contributed by atoms with Crippen molar-refractivity contribution in [3.63, 3.8) is 0 Å². The van der Waals surface area contributed by atoms with Crippen molar-refractivity contribution >= 4 is 5.69 Å². The van der Waals surface area contributed by atoms with Crippen LogP contribution in [-0.4, -0.2) is 18.8 Å². The normalized spacial score (nSPS) is 32.3. The number of rotatable bonds is 2. The van der Waals surface area contributed by atoms with Crippen LogP contribution < -0.4 is 5.32 Å². The third kappa shape index (κ3) is 2.06. The third-order valence-electron chi connectivity index (χ3n) is 5.04. The van der Waals surface area contributed by atoms with E-state index < -0.39 is 0 Å². The van der Waals surface area contributed by atoms with Crippen LogP contribution in [0.5, 0.6) is 0 Å². The molecule has 2 heteroatoms. The molecule has 0 aromatic heterocycles. The third-order valence-corrected chi connectivity index (χ3v) is 5.04. The fraction of sp³-hybridized carbons (Fsp3) is 0.647. The molecule has 1 aromatic rings. The number of ether oxygens (including phenoxy) is 1. The first-order valence-electron chi connectivity index (χ1n) is 7.45. The van der Waals surface area contributed by atoms with E-state index in [1.807, 2.05) is 0 Å². The van der Waals surface area contributed by atoms with E-state index in [4.69, 9.17) is 4.74 Å². The first kappa shape index (κ1) is 13.0. The monoisotopic (exact) mass is 259 g/mol. The molecule has 0 bridgehead atoms. The minimum atomic E-state index is 0.237. The van der Waals surface area contributed by atoms with Crippen molar-refractivity contribution in [1.82, 2.24) is 0 Å².